The van der Waals surface area contributed by atoms with Gasteiger partial charge < -0.3 is 4.90 Å². The summed E-state index contributed by atoms with van der Waals surface area (Å²) in [5.74, 6) is 1.04. The van der Waals surface area contributed by atoms with Gasteiger partial charge in [0.15, 0.2) is 0 Å². The van der Waals surface area contributed by atoms with Crippen LogP contribution in [0.3, 0.4) is 0 Å². The molecule has 152 valence electrons. The molecule has 30 heavy (non-hydrogen) atoms. The molecule has 3 aromatic rings. The summed E-state index contributed by atoms with van der Waals surface area (Å²) in [7, 11) is 0. The molecule has 3 unspecified atom stereocenters. The van der Waals surface area contributed by atoms with Gasteiger partial charge in [0.05, 0.1) is 5.52 Å². The van der Waals surface area contributed by atoms with E-state index in [0.717, 1.165) is 37.0 Å². The largest absolute Gasteiger partial charge is 0.342 e. The number of carbonyl (C=O) groups is 1. The van der Waals surface area contributed by atoms with Gasteiger partial charge in [0, 0.05) is 61.2 Å². The van der Waals surface area contributed by atoms with Gasteiger partial charge in [0.1, 0.15) is 6.04 Å². The Morgan fingerprint density at radius 2 is 1.93 bits per heavy atom. The van der Waals surface area contributed by atoms with Crippen molar-refractivity contribution >= 4 is 23.0 Å². The minimum atomic E-state index is 0.187. The fourth-order valence-corrected chi connectivity index (χ4v) is 4.75. The molecule has 1 amide bonds. The molecule has 0 aliphatic carbocycles. The number of aromatic nitrogens is 2. The number of benzene rings is 1. The van der Waals surface area contributed by atoms with Crippen LogP contribution in [-0.4, -0.2) is 40.1 Å². The van der Waals surface area contributed by atoms with E-state index in [-0.39, 0.29) is 11.9 Å². The Hall–Kier alpha value is -3.08. The minimum Gasteiger partial charge on any atom is -0.342 e. The van der Waals surface area contributed by atoms with Gasteiger partial charge in [-0.25, -0.2) is 0 Å². The predicted molar refractivity (Wildman–Crippen MR) is 119 cm³/mol. The van der Waals surface area contributed by atoms with Crippen LogP contribution in [0.5, 0.6) is 0 Å². The fourth-order valence-electron chi connectivity index (χ4n) is 4.75. The maximum atomic E-state index is 13.0. The van der Waals surface area contributed by atoms with Gasteiger partial charge in [-0.15, -0.1) is 0 Å². The zero-order valence-electron chi connectivity index (χ0n) is 17.2. The number of likely N-dealkylation sites (tertiary alicyclic amines) is 1. The Kier molecular flexibility index (Phi) is 5.03. The number of rotatable bonds is 5. The summed E-state index contributed by atoms with van der Waals surface area (Å²) in [6, 6.07) is 12.7. The van der Waals surface area contributed by atoms with Gasteiger partial charge in [-0.05, 0) is 42.0 Å². The topological polar surface area (TPSA) is 58.5 Å². The lowest BCUT2D eigenvalue weighted by Gasteiger charge is -2.37. The van der Waals surface area contributed by atoms with Crippen molar-refractivity contribution in [1.82, 2.24) is 14.9 Å². The molecule has 4 heterocycles. The number of nitrogens with zero attached hydrogens (tertiary/aromatic N) is 4. The lowest BCUT2D eigenvalue weighted by Crippen LogP contribution is -2.42. The van der Waals surface area contributed by atoms with E-state index in [1.165, 1.54) is 16.5 Å². The number of amides is 1. The Labute approximate surface area is 176 Å². The van der Waals surface area contributed by atoms with E-state index in [2.05, 4.69) is 45.0 Å². The van der Waals surface area contributed by atoms with Gasteiger partial charge >= 0.3 is 0 Å². The molecule has 0 N–H and O–H groups in total. The molecule has 2 aliphatic rings. The van der Waals surface area contributed by atoms with Crippen LogP contribution < -0.4 is 0 Å². The summed E-state index contributed by atoms with van der Waals surface area (Å²) in [4.78, 5) is 28.2. The summed E-state index contributed by atoms with van der Waals surface area (Å²) in [5, 5.41) is 1.20. The third-order valence-electron chi connectivity index (χ3n) is 6.25. The molecular weight excluding hydrogens is 372 g/mol. The van der Waals surface area contributed by atoms with Crippen molar-refractivity contribution in [3.8, 4) is 0 Å². The van der Waals surface area contributed by atoms with Crippen LogP contribution in [0.1, 0.15) is 48.4 Å². The highest BCUT2D eigenvalue weighted by Gasteiger charge is 2.30. The first-order chi connectivity index (χ1) is 14.7. The van der Waals surface area contributed by atoms with Crippen molar-refractivity contribution in [2.75, 3.05) is 13.1 Å². The van der Waals surface area contributed by atoms with Gasteiger partial charge in [-0.3, -0.25) is 19.8 Å². The molecule has 0 bridgehead atoms. The monoisotopic (exact) mass is 398 g/mol. The second-order valence-corrected chi connectivity index (χ2v) is 8.58. The Morgan fingerprint density at radius 3 is 2.73 bits per heavy atom. The Balaban J connectivity index is 1.36. The van der Waals surface area contributed by atoms with E-state index >= 15 is 0 Å². The summed E-state index contributed by atoms with van der Waals surface area (Å²) < 4.78 is 0. The lowest BCUT2D eigenvalue weighted by atomic mass is 9.83. The van der Waals surface area contributed by atoms with E-state index in [4.69, 9.17) is 0 Å². The smallest absolute Gasteiger partial charge is 0.222 e. The van der Waals surface area contributed by atoms with Crippen molar-refractivity contribution in [1.29, 1.82) is 0 Å². The lowest BCUT2D eigenvalue weighted by molar-refractivity contribution is -0.133. The van der Waals surface area contributed by atoms with Crippen LogP contribution in [0.2, 0.25) is 0 Å². The maximum Gasteiger partial charge on any atom is 0.222 e. The van der Waals surface area contributed by atoms with Crippen molar-refractivity contribution < 1.29 is 4.79 Å². The van der Waals surface area contributed by atoms with Crippen molar-refractivity contribution in [3.63, 3.8) is 0 Å². The van der Waals surface area contributed by atoms with Crippen molar-refractivity contribution in [2.45, 2.75) is 38.1 Å². The zero-order chi connectivity index (χ0) is 20.5. The first kappa shape index (κ1) is 18.9. The highest BCUT2D eigenvalue weighted by molar-refractivity contribution is 5.92. The summed E-state index contributed by atoms with van der Waals surface area (Å²) >= 11 is 0. The van der Waals surface area contributed by atoms with Gasteiger partial charge in [-0.1, -0.05) is 31.2 Å². The molecule has 0 radical (unpaired) electrons. The third kappa shape index (κ3) is 3.84. The second kappa shape index (κ2) is 7.98. The summed E-state index contributed by atoms with van der Waals surface area (Å²) in [6.07, 6.45) is 9.80. The highest BCUT2D eigenvalue weighted by Crippen LogP contribution is 2.38. The van der Waals surface area contributed by atoms with Crippen LogP contribution in [0.15, 0.2) is 60.0 Å². The molecule has 2 aromatic heterocycles. The average molecular weight is 399 g/mol. The van der Waals surface area contributed by atoms with Gasteiger partial charge in [0.25, 0.3) is 0 Å². The van der Waals surface area contributed by atoms with Crippen LogP contribution in [-0.2, 0) is 11.2 Å². The molecule has 1 aromatic carbocycles. The number of aliphatic imine (C=N–C) groups is 1. The number of pyridine rings is 2. The molecule has 2 aliphatic heterocycles. The van der Waals surface area contributed by atoms with Crippen LogP contribution in [0, 0.1) is 5.92 Å². The van der Waals surface area contributed by atoms with E-state index in [9.17, 15) is 4.79 Å². The van der Waals surface area contributed by atoms with E-state index < -0.39 is 0 Å². The number of hydrogen-bond acceptors (Lipinski definition) is 4. The first-order valence-corrected chi connectivity index (χ1v) is 10.8. The molecule has 5 rings (SSSR count). The second-order valence-electron chi connectivity index (χ2n) is 8.58. The Bertz CT molecular complexity index is 1090. The number of carbonyl (C=O) groups excluding carboxylic acids is 1. The molecule has 0 saturated carbocycles. The molecule has 1 fully saturated rings. The number of hydrogen-bond donors (Lipinski definition) is 0. The molecule has 1 saturated heterocycles. The molecule has 0 spiro atoms. The predicted octanol–water partition coefficient (Wildman–Crippen LogP) is 4.34. The highest BCUT2D eigenvalue weighted by atomic mass is 16.2. The zero-order valence-corrected chi connectivity index (χ0v) is 17.2. The third-order valence-corrected chi connectivity index (χ3v) is 6.25. The number of piperidine rings is 1. The number of fused-ring (bicyclic) bond motifs is 1. The summed E-state index contributed by atoms with van der Waals surface area (Å²) in [6.45, 7) is 3.87. The first-order valence-electron chi connectivity index (χ1n) is 10.8. The Morgan fingerprint density at radius 1 is 1.10 bits per heavy atom. The average Bonchev–Trinajstić information content (AvgIpc) is 3.62. The SMILES string of the molecule is CC1CC(c2ccc(C3C=N3)c3ncccc23)CN(C(=O)CCc2cccnc2)C1. The minimum absolute atomic E-state index is 0.187. The van der Waals surface area contributed by atoms with Crippen LogP contribution in [0.4, 0.5) is 0 Å². The number of aryl methyl sites for hydroxylation is 1. The van der Waals surface area contributed by atoms with Gasteiger partial charge in [-0.2, -0.15) is 0 Å². The molecule has 3 atom stereocenters. The van der Waals surface area contributed by atoms with Crippen molar-refractivity contribution in [2.24, 2.45) is 10.9 Å². The molecular formula is C25H26N4O. The fraction of sp³-hybridized carbons (Fsp3) is 0.360. The van der Waals surface area contributed by atoms with Crippen molar-refractivity contribution in [3.05, 3.63) is 71.7 Å². The summed E-state index contributed by atoms with van der Waals surface area (Å²) in [5.41, 5.74) is 4.65. The van der Waals surface area contributed by atoms with E-state index in [1.54, 1.807) is 6.20 Å². The molecule has 5 nitrogen and oxygen atoms in total. The maximum absolute atomic E-state index is 13.0. The van der Waals surface area contributed by atoms with E-state index in [0.29, 0.717) is 18.3 Å². The normalized spacial score (nSPS) is 23.0. The standard InChI is InChI=1S/C25H26N4O/c1-17-12-19(16-29(15-17)24(30)9-6-18-4-2-10-26-13-18)20-7-8-22(23-14-28-23)25-21(20)5-3-11-27-25/h2-5,7-8,10-11,13-14,17,19,23H,6,9,12,15-16H2,1H3. The van der Waals surface area contributed by atoms with Crippen LogP contribution in [0.25, 0.3) is 10.9 Å². The van der Waals surface area contributed by atoms with Crippen LogP contribution >= 0.6 is 0 Å². The van der Waals surface area contributed by atoms with Gasteiger partial charge in [0.2, 0.25) is 5.91 Å². The molecule has 5 heteroatoms. The quantitative estimate of drug-likeness (QED) is 0.642. The van der Waals surface area contributed by atoms with E-state index in [1.807, 2.05) is 36.8 Å².